The van der Waals surface area contributed by atoms with Crippen molar-refractivity contribution in [1.29, 1.82) is 0 Å². The van der Waals surface area contributed by atoms with Crippen LogP contribution in [0.5, 0.6) is 11.5 Å². The van der Waals surface area contributed by atoms with Crippen molar-refractivity contribution in [1.82, 2.24) is 9.38 Å². The van der Waals surface area contributed by atoms with Crippen LogP contribution >= 0.6 is 0 Å². The molecule has 0 unspecified atom stereocenters. The lowest BCUT2D eigenvalue weighted by Crippen LogP contribution is -2.15. The highest BCUT2D eigenvalue weighted by atomic mass is 16.5. The van der Waals surface area contributed by atoms with Gasteiger partial charge in [0.25, 0.3) is 5.91 Å². The molecule has 0 radical (unpaired) electrons. The third-order valence-corrected chi connectivity index (χ3v) is 4.90. The van der Waals surface area contributed by atoms with E-state index in [0.717, 1.165) is 22.5 Å². The summed E-state index contributed by atoms with van der Waals surface area (Å²) in [5.41, 5.74) is 4.22. The van der Waals surface area contributed by atoms with E-state index in [4.69, 9.17) is 14.5 Å². The number of amides is 1. The maximum Gasteiger partial charge on any atom is 0.257 e. The number of aryl methyl sites for hydroxylation is 1. The summed E-state index contributed by atoms with van der Waals surface area (Å²) in [4.78, 5) is 17.9. The first-order valence-corrected chi connectivity index (χ1v) is 9.63. The Morgan fingerprint density at radius 1 is 1.00 bits per heavy atom. The number of carbonyl (C=O) groups is 1. The van der Waals surface area contributed by atoms with Crippen molar-refractivity contribution in [3.63, 3.8) is 0 Å². The van der Waals surface area contributed by atoms with Crippen LogP contribution in [0.2, 0.25) is 0 Å². The lowest BCUT2D eigenvalue weighted by Gasteiger charge is -2.11. The average Bonchev–Trinajstić information content (AvgIpc) is 3.10. The molecule has 6 nitrogen and oxygen atoms in total. The molecule has 1 N–H and O–H groups in total. The van der Waals surface area contributed by atoms with Crippen molar-refractivity contribution in [3.05, 3.63) is 89.2 Å². The normalized spacial score (nSPS) is 10.8. The van der Waals surface area contributed by atoms with Gasteiger partial charge in [-0.15, -0.1) is 0 Å². The number of carbonyl (C=O) groups excluding carboxylic acids is 1. The molecule has 0 saturated heterocycles. The standard InChI is InChI=1S/C24H23N3O3/c1-16-9-10-22-25-21(11-17-7-5-4-6-8-17)23(27(22)15-16)26-24(28)18-12-19(29-2)14-20(13-18)30-3/h4-10,12-15H,11H2,1-3H3,(H,26,28). The van der Waals surface area contributed by atoms with Gasteiger partial charge in [-0.05, 0) is 36.2 Å². The Kier molecular flexibility index (Phi) is 5.39. The first-order chi connectivity index (χ1) is 14.6. The number of rotatable bonds is 6. The molecule has 6 heteroatoms. The fourth-order valence-electron chi connectivity index (χ4n) is 3.36. The molecule has 152 valence electrons. The number of nitrogens with one attached hydrogen (secondary N) is 1. The van der Waals surface area contributed by atoms with Gasteiger partial charge in [0.15, 0.2) is 0 Å². The summed E-state index contributed by atoms with van der Waals surface area (Å²) >= 11 is 0. The molecule has 0 aliphatic rings. The highest BCUT2D eigenvalue weighted by Crippen LogP contribution is 2.26. The molecule has 0 aliphatic heterocycles. The number of aromatic nitrogens is 2. The molecule has 1 amide bonds. The number of hydrogen-bond acceptors (Lipinski definition) is 4. The summed E-state index contributed by atoms with van der Waals surface area (Å²) in [5.74, 6) is 1.50. The first-order valence-electron chi connectivity index (χ1n) is 9.63. The Bertz CT molecular complexity index is 1180. The number of benzene rings is 2. The smallest absolute Gasteiger partial charge is 0.257 e. The molecule has 2 aromatic heterocycles. The van der Waals surface area contributed by atoms with Crippen LogP contribution < -0.4 is 14.8 Å². The highest BCUT2D eigenvalue weighted by Gasteiger charge is 2.18. The SMILES string of the molecule is COc1cc(OC)cc(C(=O)Nc2c(Cc3ccccc3)nc3ccc(C)cn23)c1. The van der Waals surface area contributed by atoms with Crippen LogP contribution in [0.25, 0.3) is 5.65 Å². The predicted octanol–water partition coefficient (Wildman–Crippen LogP) is 4.50. The second-order valence-electron chi connectivity index (χ2n) is 7.06. The van der Waals surface area contributed by atoms with Gasteiger partial charge in [0.05, 0.1) is 19.9 Å². The molecule has 2 aromatic carbocycles. The average molecular weight is 401 g/mol. The zero-order valence-corrected chi connectivity index (χ0v) is 17.2. The molecule has 0 aliphatic carbocycles. The van der Waals surface area contributed by atoms with Crippen LogP contribution in [0.4, 0.5) is 5.82 Å². The quantitative estimate of drug-likeness (QED) is 0.517. The number of fused-ring (bicyclic) bond motifs is 1. The van der Waals surface area contributed by atoms with Gasteiger partial charge in [-0.25, -0.2) is 4.98 Å². The van der Waals surface area contributed by atoms with Gasteiger partial charge in [-0.3, -0.25) is 9.20 Å². The van der Waals surface area contributed by atoms with Crippen LogP contribution in [0, 0.1) is 6.92 Å². The Balaban J connectivity index is 1.74. The molecule has 2 heterocycles. The Hall–Kier alpha value is -3.80. The molecule has 4 aromatic rings. The van der Waals surface area contributed by atoms with E-state index >= 15 is 0 Å². The number of pyridine rings is 1. The fraction of sp³-hybridized carbons (Fsp3) is 0.167. The van der Waals surface area contributed by atoms with Crippen molar-refractivity contribution < 1.29 is 14.3 Å². The summed E-state index contributed by atoms with van der Waals surface area (Å²) in [7, 11) is 3.11. The minimum absolute atomic E-state index is 0.259. The van der Waals surface area contributed by atoms with Gasteiger partial charge in [-0.1, -0.05) is 36.4 Å². The summed E-state index contributed by atoms with van der Waals surface area (Å²) < 4.78 is 12.5. The second-order valence-corrected chi connectivity index (χ2v) is 7.06. The molecule has 0 bridgehead atoms. The third-order valence-electron chi connectivity index (χ3n) is 4.90. The van der Waals surface area contributed by atoms with E-state index in [0.29, 0.717) is 29.3 Å². The van der Waals surface area contributed by atoms with E-state index in [2.05, 4.69) is 5.32 Å². The second kappa shape index (κ2) is 8.29. The van der Waals surface area contributed by atoms with Crippen LogP contribution in [0.3, 0.4) is 0 Å². The summed E-state index contributed by atoms with van der Waals surface area (Å²) in [6.45, 7) is 2.01. The topological polar surface area (TPSA) is 64.9 Å². The minimum Gasteiger partial charge on any atom is -0.497 e. The van der Waals surface area contributed by atoms with Gasteiger partial charge in [0.1, 0.15) is 23.0 Å². The molecule has 0 atom stereocenters. The van der Waals surface area contributed by atoms with Gasteiger partial charge >= 0.3 is 0 Å². The van der Waals surface area contributed by atoms with E-state index in [1.54, 1.807) is 32.4 Å². The van der Waals surface area contributed by atoms with E-state index in [-0.39, 0.29) is 5.91 Å². The summed E-state index contributed by atoms with van der Waals surface area (Å²) in [5, 5.41) is 3.05. The summed E-state index contributed by atoms with van der Waals surface area (Å²) in [6.07, 6.45) is 2.58. The Morgan fingerprint density at radius 3 is 2.37 bits per heavy atom. The zero-order chi connectivity index (χ0) is 21.1. The number of hydrogen-bond donors (Lipinski definition) is 1. The van der Waals surface area contributed by atoms with E-state index in [1.165, 1.54) is 0 Å². The molecular weight excluding hydrogens is 378 g/mol. The Morgan fingerprint density at radius 2 is 1.70 bits per heavy atom. The van der Waals surface area contributed by atoms with Gasteiger partial charge < -0.3 is 14.8 Å². The van der Waals surface area contributed by atoms with Crippen molar-refractivity contribution in [2.45, 2.75) is 13.3 Å². The molecule has 0 saturated carbocycles. The Labute approximate surface area is 175 Å². The molecule has 0 spiro atoms. The molecule has 0 fully saturated rings. The monoisotopic (exact) mass is 401 g/mol. The van der Waals surface area contributed by atoms with Crippen molar-refractivity contribution >= 4 is 17.4 Å². The number of ether oxygens (including phenoxy) is 2. The zero-order valence-electron chi connectivity index (χ0n) is 17.2. The van der Waals surface area contributed by atoms with Gasteiger partial charge in [0, 0.05) is 24.2 Å². The van der Waals surface area contributed by atoms with Crippen LogP contribution in [-0.4, -0.2) is 29.5 Å². The van der Waals surface area contributed by atoms with E-state index in [9.17, 15) is 4.79 Å². The molecular formula is C24H23N3O3. The largest absolute Gasteiger partial charge is 0.497 e. The molecule has 4 rings (SSSR count). The maximum atomic E-state index is 13.1. The highest BCUT2D eigenvalue weighted by molar-refractivity contribution is 6.05. The van der Waals surface area contributed by atoms with Crippen molar-refractivity contribution in [2.75, 3.05) is 19.5 Å². The fourth-order valence-corrected chi connectivity index (χ4v) is 3.36. The van der Waals surface area contributed by atoms with Gasteiger partial charge in [-0.2, -0.15) is 0 Å². The maximum absolute atomic E-state index is 13.1. The number of imidazole rings is 1. The van der Waals surface area contributed by atoms with Crippen molar-refractivity contribution in [2.24, 2.45) is 0 Å². The van der Waals surface area contributed by atoms with Crippen molar-refractivity contribution in [3.8, 4) is 11.5 Å². The number of methoxy groups -OCH3 is 2. The number of anilines is 1. The molecule has 30 heavy (non-hydrogen) atoms. The third kappa shape index (κ3) is 3.98. The first kappa shape index (κ1) is 19.5. The van der Waals surface area contributed by atoms with Crippen LogP contribution in [0.1, 0.15) is 27.2 Å². The van der Waals surface area contributed by atoms with E-state index in [1.807, 2.05) is 60.0 Å². The van der Waals surface area contributed by atoms with E-state index < -0.39 is 0 Å². The predicted molar refractivity (Wildman–Crippen MR) is 117 cm³/mol. The van der Waals surface area contributed by atoms with Crippen LogP contribution in [-0.2, 0) is 6.42 Å². The lowest BCUT2D eigenvalue weighted by molar-refractivity contribution is 0.102. The number of nitrogens with zero attached hydrogens (tertiary/aromatic N) is 2. The van der Waals surface area contributed by atoms with Crippen LogP contribution in [0.15, 0.2) is 66.9 Å². The lowest BCUT2D eigenvalue weighted by atomic mass is 10.1. The van der Waals surface area contributed by atoms with Gasteiger partial charge in [0.2, 0.25) is 0 Å². The minimum atomic E-state index is -0.259. The summed E-state index contributed by atoms with van der Waals surface area (Å²) in [6, 6.07) is 19.1.